The maximum absolute atomic E-state index is 11.9. The van der Waals surface area contributed by atoms with E-state index in [1.807, 2.05) is 80.7 Å². The highest BCUT2D eigenvalue weighted by Gasteiger charge is 2.39. The highest BCUT2D eigenvalue weighted by atomic mass is 16.7. The minimum absolute atomic E-state index is 0.00434. The van der Waals surface area contributed by atoms with E-state index < -0.39 is 18.5 Å². The quantitative estimate of drug-likeness (QED) is 0.257. The molecular formula is C33H40N2O6. The summed E-state index contributed by atoms with van der Waals surface area (Å²) in [6, 6.07) is 24.6. The third kappa shape index (κ3) is 7.81. The number of carbonyl (C=O) groups excluding carboxylic acids is 1. The first-order chi connectivity index (χ1) is 19.8. The van der Waals surface area contributed by atoms with Gasteiger partial charge in [0.25, 0.3) is 0 Å². The Bertz CT molecular complexity index is 1250. The number of aliphatic hydroxyl groups is 2. The first-order valence-corrected chi connectivity index (χ1v) is 13.9. The summed E-state index contributed by atoms with van der Waals surface area (Å²) in [7, 11) is 1.99. The summed E-state index contributed by atoms with van der Waals surface area (Å²) in [5.41, 5.74) is 4.10. The van der Waals surface area contributed by atoms with E-state index in [2.05, 4.69) is 23.7 Å². The predicted molar refractivity (Wildman–Crippen MR) is 158 cm³/mol. The average Bonchev–Trinajstić information content (AvgIpc) is 3.01. The molecule has 3 aromatic rings. The Balaban J connectivity index is 1.53. The maximum atomic E-state index is 11.9. The number of aliphatic hydroxyl groups excluding tert-OH is 2. The summed E-state index contributed by atoms with van der Waals surface area (Å²) in [6.07, 6.45) is -0.820. The van der Waals surface area contributed by atoms with Gasteiger partial charge in [0, 0.05) is 29.8 Å². The Morgan fingerprint density at radius 2 is 1.71 bits per heavy atom. The van der Waals surface area contributed by atoms with Crippen LogP contribution in [0.3, 0.4) is 0 Å². The third-order valence-corrected chi connectivity index (χ3v) is 7.65. The number of nitrogens with one attached hydrogen (secondary N) is 1. The molecule has 0 radical (unpaired) electrons. The van der Waals surface area contributed by atoms with Gasteiger partial charge in [0.2, 0.25) is 0 Å². The number of likely N-dealkylation sites (N-methyl/N-ethyl adjacent to an activating group) is 1. The summed E-state index contributed by atoms with van der Waals surface area (Å²) in [5.74, 6) is -0.00434. The zero-order valence-corrected chi connectivity index (χ0v) is 23.9. The van der Waals surface area contributed by atoms with Crippen LogP contribution < -0.4 is 5.32 Å². The van der Waals surface area contributed by atoms with E-state index in [4.69, 9.17) is 14.2 Å². The van der Waals surface area contributed by atoms with Crippen molar-refractivity contribution in [3.8, 4) is 0 Å². The molecular weight excluding hydrogens is 520 g/mol. The molecule has 3 aromatic carbocycles. The molecule has 8 nitrogen and oxygen atoms in total. The number of benzene rings is 3. The SMILES string of the molecule is C=CCOC(=O)Nc1ccc([C@H]2O[C@@H](CN(C)[C@H](C)[C@@H](O)c3ccccc3)[C@@H](C)[C@@H](c3ccc(CO)cc3)O2)cc1. The number of carbonyl (C=O) groups is 1. The van der Waals surface area contributed by atoms with Crippen LogP contribution in [0.5, 0.6) is 0 Å². The molecule has 0 aliphatic carbocycles. The van der Waals surface area contributed by atoms with Crippen molar-refractivity contribution in [2.45, 2.75) is 51.1 Å². The minimum Gasteiger partial charge on any atom is -0.445 e. The monoisotopic (exact) mass is 560 g/mol. The van der Waals surface area contributed by atoms with Crippen LogP contribution in [-0.2, 0) is 20.8 Å². The van der Waals surface area contributed by atoms with Gasteiger partial charge in [-0.25, -0.2) is 4.79 Å². The molecule has 41 heavy (non-hydrogen) atoms. The second-order valence-corrected chi connectivity index (χ2v) is 10.5. The fourth-order valence-electron chi connectivity index (χ4n) is 4.96. The van der Waals surface area contributed by atoms with Crippen molar-refractivity contribution in [2.75, 3.05) is 25.5 Å². The predicted octanol–water partition coefficient (Wildman–Crippen LogP) is 5.76. The van der Waals surface area contributed by atoms with Crippen LogP contribution in [0.25, 0.3) is 0 Å². The number of ether oxygens (including phenoxy) is 3. The molecule has 8 heteroatoms. The first-order valence-electron chi connectivity index (χ1n) is 13.9. The number of hydrogen-bond donors (Lipinski definition) is 3. The lowest BCUT2D eigenvalue weighted by Crippen LogP contribution is -2.46. The van der Waals surface area contributed by atoms with Gasteiger partial charge in [-0.2, -0.15) is 0 Å². The van der Waals surface area contributed by atoms with E-state index in [0.717, 1.165) is 22.3 Å². The van der Waals surface area contributed by atoms with Crippen LogP contribution in [0.1, 0.15) is 54.6 Å². The molecule has 1 aliphatic heterocycles. The van der Waals surface area contributed by atoms with E-state index in [1.54, 1.807) is 12.1 Å². The fourth-order valence-corrected chi connectivity index (χ4v) is 4.96. The maximum Gasteiger partial charge on any atom is 0.411 e. The Morgan fingerprint density at radius 3 is 2.34 bits per heavy atom. The lowest BCUT2D eigenvalue weighted by molar-refractivity contribution is -0.276. The zero-order valence-electron chi connectivity index (χ0n) is 23.9. The average molecular weight is 561 g/mol. The smallest absolute Gasteiger partial charge is 0.411 e. The van der Waals surface area contributed by atoms with Crippen LogP contribution in [0, 0.1) is 5.92 Å². The summed E-state index contributed by atoms with van der Waals surface area (Å²) < 4.78 is 18.1. The second kappa shape index (κ2) is 14.4. The Kier molecular flexibility index (Phi) is 10.7. The zero-order chi connectivity index (χ0) is 29.4. The molecule has 0 saturated carbocycles. The van der Waals surface area contributed by atoms with Crippen molar-refractivity contribution in [1.82, 2.24) is 4.90 Å². The number of anilines is 1. The summed E-state index contributed by atoms with van der Waals surface area (Å²) in [5, 5.41) is 23.2. The number of nitrogens with zero attached hydrogens (tertiary/aromatic N) is 1. The van der Waals surface area contributed by atoms with Crippen molar-refractivity contribution in [2.24, 2.45) is 5.92 Å². The molecule has 0 spiro atoms. The van der Waals surface area contributed by atoms with E-state index in [9.17, 15) is 15.0 Å². The first kappa shape index (κ1) is 30.4. The lowest BCUT2D eigenvalue weighted by Gasteiger charge is -2.43. The molecule has 1 heterocycles. The summed E-state index contributed by atoms with van der Waals surface area (Å²) in [6.45, 7) is 8.34. The van der Waals surface area contributed by atoms with Crippen LogP contribution in [0.15, 0.2) is 91.5 Å². The molecule has 3 N–H and O–H groups in total. The molecule has 0 unspecified atom stereocenters. The summed E-state index contributed by atoms with van der Waals surface area (Å²) in [4.78, 5) is 14.0. The van der Waals surface area contributed by atoms with Gasteiger partial charge >= 0.3 is 6.09 Å². The number of hydrogen-bond acceptors (Lipinski definition) is 7. The lowest BCUT2D eigenvalue weighted by atomic mass is 9.89. The molecule has 0 bridgehead atoms. The van der Waals surface area contributed by atoms with Gasteiger partial charge in [-0.05, 0) is 42.8 Å². The van der Waals surface area contributed by atoms with E-state index in [-0.39, 0.29) is 37.4 Å². The highest BCUT2D eigenvalue weighted by molar-refractivity contribution is 5.84. The molecule has 4 rings (SSSR count). The van der Waals surface area contributed by atoms with Crippen LogP contribution in [-0.4, -0.2) is 53.6 Å². The normalized spacial score (nSPS) is 22.1. The van der Waals surface area contributed by atoms with E-state index in [1.165, 1.54) is 6.08 Å². The Morgan fingerprint density at radius 1 is 1.05 bits per heavy atom. The molecule has 1 fully saturated rings. The van der Waals surface area contributed by atoms with E-state index >= 15 is 0 Å². The Labute approximate surface area is 242 Å². The van der Waals surface area contributed by atoms with Gasteiger partial charge in [0.05, 0.1) is 24.9 Å². The molecule has 218 valence electrons. The van der Waals surface area contributed by atoms with Crippen molar-refractivity contribution in [1.29, 1.82) is 0 Å². The molecule has 1 amide bonds. The van der Waals surface area contributed by atoms with Crippen LogP contribution in [0.4, 0.5) is 10.5 Å². The van der Waals surface area contributed by atoms with Crippen molar-refractivity contribution < 1.29 is 29.2 Å². The van der Waals surface area contributed by atoms with Gasteiger partial charge in [0.1, 0.15) is 6.61 Å². The minimum atomic E-state index is -0.650. The fraction of sp³-hybridized carbons (Fsp3) is 0.364. The van der Waals surface area contributed by atoms with Gasteiger partial charge < -0.3 is 24.4 Å². The molecule has 1 saturated heterocycles. The number of amides is 1. The van der Waals surface area contributed by atoms with E-state index in [0.29, 0.717) is 12.2 Å². The van der Waals surface area contributed by atoms with Crippen LogP contribution >= 0.6 is 0 Å². The second-order valence-electron chi connectivity index (χ2n) is 10.5. The molecule has 0 aromatic heterocycles. The largest absolute Gasteiger partial charge is 0.445 e. The van der Waals surface area contributed by atoms with Gasteiger partial charge in [-0.1, -0.05) is 86.3 Å². The van der Waals surface area contributed by atoms with Crippen molar-refractivity contribution in [3.05, 3.63) is 114 Å². The van der Waals surface area contributed by atoms with Gasteiger partial charge in [-0.15, -0.1) is 0 Å². The molecule has 1 aliphatic rings. The van der Waals surface area contributed by atoms with Crippen molar-refractivity contribution >= 4 is 11.8 Å². The van der Waals surface area contributed by atoms with Gasteiger partial charge in [-0.3, -0.25) is 10.2 Å². The summed E-state index contributed by atoms with van der Waals surface area (Å²) >= 11 is 0. The van der Waals surface area contributed by atoms with Gasteiger partial charge in [0.15, 0.2) is 6.29 Å². The highest BCUT2D eigenvalue weighted by Crippen LogP contribution is 2.42. The standard InChI is InChI=1S/C33H40N2O6/c1-5-19-39-33(38)34-28-17-15-27(16-18-28)32-40-29(20-35(4)23(3)30(37)25-9-7-6-8-10-25)22(2)31(41-32)26-13-11-24(21-36)12-14-26/h5-18,22-23,29-32,36-37H,1,19-21H2,2-4H3,(H,34,38)/t22-,23-,29+,30-,31+,32+/m1/s1. The number of rotatable bonds is 11. The molecule has 6 atom stereocenters. The van der Waals surface area contributed by atoms with Crippen molar-refractivity contribution in [3.63, 3.8) is 0 Å². The van der Waals surface area contributed by atoms with Crippen LogP contribution in [0.2, 0.25) is 0 Å². The topological polar surface area (TPSA) is 100 Å². The third-order valence-electron chi connectivity index (χ3n) is 7.65. The Hall–Kier alpha value is -3.53.